The first-order valence-electron chi connectivity index (χ1n) is 2.31. The second-order valence-corrected chi connectivity index (χ2v) is 2.08. The predicted octanol–water partition coefficient (Wildman–Crippen LogP) is 2.67. The Bertz CT molecular complexity index is 243. The van der Waals surface area contributed by atoms with Crippen molar-refractivity contribution in [1.82, 2.24) is 0 Å². The monoisotopic (exact) mass is 180 g/mol. The van der Waals surface area contributed by atoms with Crippen molar-refractivity contribution in [2.45, 2.75) is 0 Å². The van der Waals surface area contributed by atoms with E-state index in [9.17, 15) is 4.79 Å². The Morgan fingerprint density at radius 2 is 2.30 bits per heavy atom. The van der Waals surface area contributed by atoms with E-state index >= 15 is 0 Å². The molecular formula is C5H2Cl2O3. The third-order valence-corrected chi connectivity index (χ3v) is 1.01. The molecule has 0 saturated heterocycles. The minimum absolute atomic E-state index is 0.00926. The van der Waals surface area contributed by atoms with Gasteiger partial charge in [0.2, 0.25) is 0 Å². The molecule has 0 saturated carbocycles. The van der Waals surface area contributed by atoms with E-state index in [0.29, 0.717) is 0 Å². The minimum Gasteiger partial charge on any atom is -0.413 e. The number of halogens is 2. The normalized spacial score (nSPS) is 9.40. The van der Waals surface area contributed by atoms with Crippen LogP contribution in [0.2, 0.25) is 5.22 Å². The summed E-state index contributed by atoms with van der Waals surface area (Å²) >= 11 is 10.2. The van der Waals surface area contributed by atoms with E-state index < -0.39 is 5.43 Å². The van der Waals surface area contributed by atoms with Crippen LogP contribution in [0.4, 0.5) is 4.79 Å². The SMILES string of the molecule is O=C(Cl)Oc1ccc(Cl)o1. The standard InChI is InChI=1S/C5H2Cl2O3/c6-3-1-2-4(9-3)10-5(7)8/h1-2H. The number of carbonyl (C=O) groups excluding carboxylic acids is 1. The van der Waals surface area contributed by atoms with Crippen LogP contribution in [0.25, 0.3) is 0 Å². The van der Waals surface area contributed by atoms with Gasteiger partial charge in [-0.05, 0) is 11.6 Å². The molecule has 54 valence electrons. The lowest BCUT2D eigenvalue weighted by Crippen LogP contribution is -1.93. The fourth-order valence-electron chi connectivity index (χ4n) is 0.432. The number of carbonyl (C=O) groups is 1. The summed E-state index contributed by atoms with van der Waals surface area (Å²) in [4.78, 5) is 10.1. The molecule has 10 heavy (non-hydrogen) atoms. The van der Waals surface area contributed by atoms with Gasteiger partial charge in [-0.15, -0.1) is 0 Å². The van der Waals surface area contributed by atoms with Gasteiger partial charge in [0, 0.05) is 23.7 Å². The van der Waals surface area contributed by atoms with Crippen molar-refractivity contribution in [3.8, 4) is 5.95 Å². The van der Waals surface area contributed by atoms with Gasteiger partial charge >= 0.3 is 5.43 Å². The lowest BCUT2D eigenvalue weighted by molar-refractivity contribution is 0.213. The lowest BCUT2D eigenvalue weighted by atomic mass is 10.6. The van der Waals surface area contributed by atoms with Gasteiger partial charge < -0.3 is 9.15 Å². The van der Waals surface area contributed by atoms with Gasteiger partial charge in [-0.25, -0.2) is 4.79 Å². The number of hydrogen-bond donors (Lipinski definition) is 0. The number of ether oxygens (including phenoxy) is 1. The Morgan fingerprint density at radius 3 is 2.70 bits per heavy atom. The van der Waals surface area contributed by atoms with Crippen LogP contribution in [-0.4, -0.2) is 5.43 Å². The van der Waals surface area contributed by atoms with Gasteiger partial charge in [-0.2, -0.15) is 0 Å². The van der Waals surface area contributed by atoms with Gasteiger partial charge in [0.05, 0.1) is 0 Å². The van der Waals surface area contributed by atoms with Gasteiger partial charge in [-0.3, -0.25) is 0 Å². The first kappa shape index (κ1) is 7.44. The Kier molecular flexibility index (Phi) is 2.19. The van der Waals surface area contributed by atoms with Crippen molar-refractivity contribution >= 4 is 28.6 Å². The van der Waals surface area contributed by atoms with E-state index in [4.69, 9.17) is 23.2 Å². The molecular weight excluding hydrogens is 179 g/mol. The number of hydrogen-bond acceptors (Lipinski definition) is 3. The molecule has 0 aliphatic rings. The maximum atomic E-state index is 10.1. The fraction of sp³-hybridized carbons (Fsp3) is 0. The van der Waals surface area contributed by atoms with E-state index in [2.05, 4.69) is 9.15 Å². The lowest BCUT2D eigenvalue weighted by Gasteiger charge is -1.89. The Morgan fingerprint density at radius 1 is 1.60 bits per heavy atom. The zero-order valence-electron chi connectivity index (χ0n) is 4.64. The molecule has 0 fully saturated rings. The smallest absolute Gasteiger partial charge is 0.411 e. The highest BCUT2D eigenvalue weighted by Gasteiger charge is 2.03. The van der Waals surface area contributed by atoms with Crippen molar-refractivity contribution in [3.05, 3.63) is 17.4 Å². The maximum absolute atomic E-state index is 10.1. The zero-order valence-corrected chi connectivity index (χ0v) is 6.15. The molecule has 0 bridgehead atoms. The van der Waals surface area contributed by atoms with Gasteiger partial charge in [0.1, 0.15) is 0 Å². The molecule has 1 heterocycles. The average Bonchev–Trinajstić information content (AvgIpc) is 2.13. The van der Waals surface area contributed by atoms with E-state index in [1.807, 2.05) is 0 Å². The van der Waals surface area contributed by atoms with Crippen molar-refractivity contribution in [2.75, 3.05) is 0 Å². The van der Waals surface area contributed by atoms with Crippen LogP contribution in [0.5, 0.6) is 5.95 Å². The average molecular weight is 181 g/mol. The number of furan rings is 1. The highest BCUT2D eigenvalue weighted by atomic mass is 35.5. The summed E-state index contributed by atoms with van der Waals surface area (Å²) in [5.74, 6) is -0.00926. The minimum atomic E-state index is -0.953. The van der Waals surface area contributed by atoms with Crippen LogP contribution >= 0.6 is 23.2 Å². The second-order valence-electron chi connectivity index (χ2n) is 1.40. The van der Waals surface area contributed by atoms with Gasteiger partial charge in [-0.1, -0.05) is 0 Å². The summed E-state index contributed by atoms with van der Waals surface area (Å²) in [5, 5.41) is 0.146. The van der Waals surface area contributed by atoms with Crippen LogP contribution in [0.3, 0.4) is 0 Å². The molecule has 0 aromatic carbocycles. The largest absolute Gasteiger partial charge is 0.413 e. The van der Waals surface area contributed by atoms with Crippen LogP contribution in [0.15, 0.2) is 16.5 Å². The summed E-state index contributed by atoms with van der Waals surface area (Å²) < 4.78 is 8.94. The molecule has 1 rings (SSSR count). The molecule has 0 spiro atoms. The molecule has 1 aromatic heterocycles. The highest BCUT2D eigenvalue weighted by Crippen LogP contribution is 2.20. The van der Waals surface area contributed by atoms with Gasteiger partial charge in [0.25, 0.3) is 5.95 Å². The van der Waals surface area contributed by atoms with E-state index in [0.717, 1.165) is 0 Å². The molecule has 0 amide bonds. The van der Waals surface area contributed by atoms with Crippen LogP contribution in [-0.2, 0) is 0 Å². The van der Waals surface area contributed by atoms with Crippen LogP contribution in [0, 0.1) is 0 Å². The van der Waals surface area contributed by atoms with Crippen LogP contribution < -0.4 is 4.74 Å². The van der Waals surface area contributed by atoms with Crippen molar-refractivity contribution in [3.63, 3.8) is 0 Å². The zero-order chi connectivity index (χ0) is 7.56. The summed E-state index contributed by atoms with van der Waals surface area (Å²) in [6, 6.07) is 2.83. The van der Waals surface area contributed by atoms with E-state index in [1.165, 1.54) is 12.1 Å². The molecule has 0 radical (unpaired) electrons. The van der Waals surface area contributed by atoms with Crippen LogP contribution in [0.1, 0.15) is 0 Å². The molecule has 0 atom stereocenters. The first-order chi connectivity index (χ1) is 4.68. The fourth-order valence-corrected chi connectivity index (χ4v) is 0.647. The summed E-state index contributed by atoms with van der Waals surface area (Å²) in [6.07, 6.45) is 0. The quantitative estimate of drug-likeness (QED) is 0.625. The highest BCUT2D eigenvalue weighted by molar-refractivity contribution is 6.61. The molecule has 0 aliphatic heterocycles. The number of rotatable bonds is 1. The first-order valence-corrected chi connectivity index (χ1v) is 3.07. The third-order valence-electron chi connectivity index (χ3n) is 0.729. The maximum Gasteiger partial charge on any atom is 0.411 e. The molecule has 5 heteroatoms. The van der Waals surface area contributed by atoms with Crippen molar-refractivity contribution < 1.29 is 13.9 Å². The summed E-state index contributed by atoms with van der Waals surface area (Å²) in [5.41, 5.74) is -0.953. The molecule has 1 aromatic rings. The van der Waals surface area contributed by atoms with Gasteiger partial charge in [0.15, 0.2) is 5.22 Å². The molecule has 0 unspecified atom stereocenters. The second kappa shape index (κ2) is 2.94. The van der Waals surface area contributed by atoms with E-state index in [1.54, 1.807) is 0 Å². The van der Waals surface area contributed by atoms with E-state index in [-0.39, 0.29) is 11.2 Å². The topological polar surface area (TPSA) is 39.4 Å². The third kappa shape index (κ3) is 1.93. The Hall–Kier alpha value is -0.670. The molecule has 0 N–H and O–H groups in total. The van der Waals surface area contributed by atoms with Crippen molar-refractivity contribution in [2.24, 2.45) is 0 Å². The summed E-state index contributed by atoms with van der Waals surface area (Å²) in [7, 11) is 0. The predicted molar refractivity (Wildman–Crippen MR) is 35.6 cm³/mol. The molecule has 3 nitrogen and oxygen atoms in total. The molecule has 0 aliphatic carbocycles. The Balaban J connectivity index is 2.67. The summed E-state index contributed by atoms with van der Waals surface area (Å²) in [6.45, 7) is 0. The van der Waals surface area contributed by atoms with Crippen molar-refractivity contribution in [1.29, 1.82) is 0 Å². The Labute approximate surface area is 66.5 Å².